The topological polar surface area (TPSA) is 80.0 Å². The Balaban J connectivity index is 1.61. The van der Waals surface area contributed by atoms with Crippen LogP contribution < -0.4 is 0 Å². The maximum Gasteiger partial charge on any atom is 0.348 e. The molecule has 0 saturated carbocycles. The molecular weight excluding hydrogens is 368 g/mol. The summed E-state index contributed by atoms with van der Waals surface area (Å²) < 4.78 is 5.18. The fraction of sp³-hybridized carbons (Fsp3) is 0.474. The monoisotopic (exact) mass is 388 g/mol. The standard InChI is InChI=1S/C19H20N2O3S2/c1-3-12-4-5-16-13(6-12)7-17(26-16)19(23)24-9-15(22)14(8-20)18-21-11(2)10-25-18/h7,10,12,14H,3-6,9H2,1-2H3. The number of aromatic nitrogens is 1. The SMILES string of the molecule is CCC1CCc2sc(C(=O)OCC(=O)C(C#N)c3nc(C)cs3)cc2C1. The van der Waals surface area contributed by atoms with Gasteiger partial charge in [0.2, 0.25) is 0 Å². The van der Waals surface area contributed by atoms with Crippen molar-refractivity contribution in [2.45, 2.75) is 45.4 Å². The number of hydrogen-bond donors (Lipinski definition) is 0. The molecule has 0 N–H and O–H groups in total. The molecule has 2 aromatic rings. The van der Waals surface area contributed by atoms with Gasteiger partial charge in [0, 0.05) is 16.0 Å². The minimum absolute atomic E-state index is 0.407. The molecule has 2 atom stereocenters. The summed E-state index contributed by atoms with van der Waals surface area (Å²) in [7, 11) is 0. The summed E-state index contributed by atoms with van der Waals surface area (Å²) in [6, 6.07) is 3.86. The number of nitrogens with zero attached hydrogens (tertiary/aromatic N) is 2. The van der Waals surface area contributed by atoms with Crippen LogP contribution in [0.3, 0.4) is 0 Å². The van der Waals surface area contributed by atoms with Crippen LogP contribution in [0.15, 0.2) is 11.4 Å². The van der Waals surface area contributed by atoms with Gasteiger partial charge in [0.15, 0.2) is 18.3 Å². The molecule has 26 heavy (non-hydrogen) atoms. The minimum Gasteiger partial charge on any atom is -0.453 e. The second kappa shape index (κ2) is 8.11. The normalized spacial score (nSPS) is 17.2. The molecule has 0 radical (unpaired) electrons. The lowest BCUT2D eigenvalue weighted by Crippen LogP contribution is -2.19. The summed E-state index contributed by atoms with van der Waals surface area (Å²) in [6.45, 7) is 3.59. The van der Waals surface area contributed by atoms with Gasteiger partial charge in [-0.25, -0.2) is 9.78 Å². The molecule has 2 unspecified atom stereocenters. The van der Waals surface area contributed by atoms with Crippen LogP contribution >= 0.6 is 22.7 Å². The number of thiazole rings is 1. The van der Waals surface area contributed by atoms with Gasteiger partial charge in [-0.2, -0.15) is 5.26 Å². The first-order chi connectivity index (χ1) is 12.5. The molecule has 0 bridgehead atoms. The lowest BCUT2D eigenvalue weighted by atomic mass is 9.87. The van der Waals surface area contributed by atoms with Gasteiger partial charge < -0.3 is 4.74 Å². The van der Waals surface area contributed by atoms with E-state index in [0.29, 0.717) is 15.8 Å². The number of ether oxygens (including phenoxy) is 1. The highest BCUT2D eigenvalue weighted by atomic mass is 32.1. The first kappa shape index (κ1) is 18.7. The van der Waals surface area contributed by atoms with Crippen molar-refractivity contribution in [3.63, 3.8) is 0 Å². The Kier molecular flexibility index (Phi) is 5.84. The van der Waals surface area contributed by atoms with Gasteiger partial charge in [0.25, 0.3) is 0 Å². The molecule has 3 rings (SSSR count). The first-order valence-electron chi connectivity index (χ1n) is 8.64. The van der Waals surface area contributed by atoms with Crippen LogP contribution in [0.4, 0.5) is 0 Å². The number of Topliss-reactive ketones (excluding diaryl/α,β-unsaturated/α-hetero) is 1. The molecule has 0 aromatic carbocycles. The van der Waals surface area contributed by atoms with Crippen molar-refractivity contribution in [3.8, 4) is 6.07 Å². The van der Waals surface area contributed by atoms with E-state index in [9.17, 15) is 14.9 Å². The van der Waals surface area contributed by atoms with Crippen LogP contribution in [-0.2, 0) is 22.4 Å². The Morgan fingerprint density at radius 1 is 1.50 bits per heavy atom. The highest BCUT2D eigenvalue weighted by molar-refractivity contribution is 7.14. The number of esters is 1. The van der Waals surface area contributed by atoms with Crippen LogP contribution in [0.25, 0.3) is 0 Å². The van der Waals surface area contributed by atoms with E-state index in [2.05, 4.69) is 11.9 Å². The number of hydrogen-bond acceptors (Lipinski definition) is 7. The third-order valence-electron chi connectivity index (χ3n) is 4.64. The van der Waals surface area contributed by atoms with Crippen LogP contribution in [0.2, 0.25) is 0 Å². The first-order valence-corrected chi connectivity index (χ1v) is 10.3. The van der Waals surface area contributed by atoms with Crippen LogP contribution in [0.1, 0.15) is 56.5 Å². The van der Waals surface area contributed by atoms with Gasteiger partial charge in [-0.3, -0.25) is 4.79 Å². The average molecular weight is 389 g/mol. The fourth-order valence-electron chi connectivity index (χ4n) is 3.11. The number of nitriles is 1. The average Bonchev–Trinajstić information content (AvgIpc) is 3.25. The van der Waals surface area contributed by atoms with E-state index in [1.807, 2.05) is 12.1 Å². The Morgan fingerprint density at radius 3 is 2.96 bits per heavy atom. The van der Waals surface area contributed by atoms with Crippen molar-refractivity contribution >= 4 is 34.4 Å². The Morgan fingerprint density at radius 2 is 2.31 bits per heavy atom. The predicted molar refractivity (Wildman–Crippen MR) is 101 cm³/mol. The Labute approximate surface area is 160 Å². The van der Waals surface area contributed by atoms with E-state index in [1.165, 1.54) is 33.1 Å². The number of thiophene rings is 1. The van der Waals surface area contributed by atoms with E-state index >= 15 is 0 Å². The Bertz CT molecular complexity index is 863. The maximum atomic E-state index is 12.3. The fourth-order valence-corrected chi connectivity index (χ4v) is 5.07. The van der Waals surface area contributed by atoms with E-state index in [1.54, 1.807) is 12.3 Å². The zero-order chi connectivity index (χ0) is 18.7. The third-order valence-corrected chi connectivity index (χ3v) is 6.89. The number of ketones is 1. The lowest BCUT2D eigenvalue weighted by molar-refractivity contribution is -0.122. The summed E-state index contributed by atoms with van der Waals surface area (Å²) >= 11 is 2.73. The summed E-state index contributed by atoms with van der Waals surface area (Å²) in [5, 5.41) is 11.5. The van der Waals surface area contributed by atoms with Crippen molar-refractivity contribution in [3.05, 3.63) is 37.5 Å². The zero-order valence-electron chi connectivity index (χ0n) is 14.8. The van der Waals surface area contributed by atoms with Crippen molar-refractivity contribution < 1.29 is 14.3 Å². The van der Waals surface area contributed by atoms with E-state index in [4.69, 9.17) is 4.74 Å². The number of carbonyl (C=O) groups excluding carboxylic acids is 2. The highest BCUT2D eigenvalue weighted by Crippen LogP contribution is 2.33. The number of aryl methyl sites for hydroxylation is 2. The molecule has 1 aliphatic rings. The van der Waals surface area contributed by atoms with Gasteiger partial charge in [-0.1, -0.05) is 13.3 Å². The van der Waals surface area contributed by atoms with E-state index in [0.717, 1.165) is 31.4 Å². The van der Waals surface area contributed by atoms with Gasteiger partial charge in [-0.05, 0) is 43.7 Å². The summed E-state index contributed by atoms with van der Waals surface area (Å²) in [6.07, 6.45) is 4.32. The van der Waals surface area contributed by atoms with Gasteiger partial charge in [-0.15, -0.1) is 22.7 Å². The second-order valence-corrected chi connectivity index (χ2v) is 8.53. The molecule has 136 valence electrons. The van der Waals surface area contributed by atoms with Gasteiger partial charge in [0.05, 0.1) is 6.07 Å². The summed E-state index contributed by atoms with van der Waals surface area (Å²) in [4.78, 5) is 30.6. The molecule has 2 heterocycles. The predicted octanol–water partition coefficient (Wildman–Crippen LogP) is 4.06. The molecule has 0 aliphatic heterocycles. The van der Waals surface area contributed by atoms with Gasteiger partial charge in [0.1, 0.15) is 9.88 Å². The molecular formula is C19H20N2O3S2. The van der Waals surface area contributed by atoms with Crippen molar-refractivity contribution in [2.24, 2.45) is 5.92 Å². The van der Waals surface area contributed by atoms with Crippen LogP contribution in [-0.4, -0.2) is 23.3 Å². The lowest BCUT2D eigenvalue weighted by Gasteiger charge is -2.19. The maximum absolute atomic E-state index is 12.3. The van der Waals surface area contributed by atoms with E-state index < -0.39 is 24.3 Å². The smallest absolute Gasteiger partial charge is 0.348 e. The number of rotatable bonds is 6. The molecule has 0 amide bonds. The highest BCUT2D eigenvalue weighted by Gasteiger charge is 2.26. The molecule has 7 heteroatoms. The quantitative estimate of drug-likeness (QED) is 0.697. The number of carbonyl (C=O) groups is 2. The zero-order valence-corrected chi connectivity index (χ0v) is 16.4. The van der Waals surface area contributed by atoms with Crippen molar-refractivity contribution in [1.29, 1.82) is 5.26 Å². The Hall–Kier alpha value is -2.04. The molecule has 1 aliphatic carbocycles. The van der Waals surface area contributed by atoms with Crippen molar-refractivity contribution in [1.82, 2.24) is 4.98 Å². The molecule has 0 saturated heterocycles. The molecule has 0 fully saturated rings. The summed E-state index contributed by atoms with van der Waals surface area (Å²) in [5.74, 6) is -1.23. The van der Waals surface area contributed by atoms with Crippen LogP contribution in [0, 0.1) is 24.2 Å². The third kappa shape index (κ3) is 4.02. The summed E-state index contributed by atoms with van der Waals surface area (Å²) in [5.41, 5.74) is 2.00. The molecule has 2 aromatic heterocycles. The number of fused-ring (bicyclic) bond motifs is 1. The largest absolute Gasteiger partial charge is 0.453 e. The van der Waals surface area contributed by atoms with Gasteiger partial charge >= 0.3 is 5.97 Å². The van der Waals surface area contributed by atoms with Crippen LogP contribution in [0.5, 0.6) is 0 Å². The minimum atomic E-state index is -0.983. The van der Waals surface area contributed by atoms with Crippen molar-refractivity contribution in [2.75, 3.05) is 6.61 Å². The second-order valence-electron chi connectivity index (χ2n) is 6.51. The molecule has 5 nitrogen and oxygen atoms in total. The van der Waals surface area contributed by atoms with E-state index in [-0.39, 0.29) is 0 Å². The molecule has 0 spiro atoms.